The molecule has 96 valence electrons. The van der Waals surface area contributed by atoms with Crippen LogP contribution in [-0.4, -0.2) is 0 Å². The van der Waals surface area contributed by atoms with E-state index in [0.29, 0.717) is 21.4 Å². The van der Waals surface area contributed by atoms with Crippen molar-refractivity contribution in [3.8, 4) is 6.07 Å². The molecular weight excluding hydrogens is 331 g/mol. The van der Waals surface area contributed by atoms with E-state index in [9.17, 15) is 4.39 Å². The van der Waals surface area contributed by atoms with E-state index in [2.05, 4.69) is 27.3 Å². The van der Waals surface area contributed by atoms with Gasteiger partial charge in [-0.15, -0.1) is 0 Å². The van der Waals surface area contributed by atoms with Gasteiger partial charge in [-0.1, -0.05) is 23.7 Å². The lowest BCUT2D eigenvalue weighted by Crippen LogP contribution is -1.98. The Kier molecular flexibility index (Phi) is 4.08. The molecule has 0 spiro atoms. The zero-order valence-electron chi connectivity index (χ0n) is 9.97. The minimum atomic E-state index is -0.423. The summed E-state index contributed by atoms with van der Waals surface area (Å²) in [5.74, 6) is -0.423. The molecule has 0 aliphatic carbocycles. The molecule has 19 heavy (non-hydrogen) atoms. The highest BCUT2D eigenvalue weighted by molar-refractivity contribution is 9.10. The lowest BCUT2D eigenvalue weighted by molar-refractivity contribution is 0.627. The molecule has 5 heteroatoms. The summed E-state index contributed by atoms with van der Waals surface area (Å²) in [7, 11) is 0. The van der Waals surface area contributed by atoms with Crippen molar-refractivity contribution in [1.29, 1.82) is 5.26 Å². The molecule has 0 bridgehead atoms. The van der Waals surface area contributed by atoms with Crippen LogP contribution in [0.4, 0.5) is 15.8 Å². The summed E-state index contributed by atoms with van der Waals surface area (Å²) in [6.07, 6.45) is 0. The van der Waals surface area contributed by atoms with E-state index in [0.717, 1.165) is 5.56 Å². The minimum absolute atomic E-state index is 0.249. The summed E-state index contributed by atoms with van der Waals surface area (Å²) in [5, 5.41) is 12.4. The Morgan fingerprint density at radius 1 is 1.32 bits per heavy atom. The number of anilines is 2. The number of halogens is 3. The van der Waals surface area contributed by atoms with Gasteiger partial charge in [-0.2, -0.15) is 5.26 Å². The first-order valence-corrected chi connectivity index (χ1v) is 6.61. The van der Waals surface area contributed by atoms with Gasteiger partial charge in [-0.05, 0) is 46.6 Å². The van der Waals surface area contributed by atoms with E-state index in [1.165, 1.54) is 12.1 Å². The van der Waals surface area contributed by atoms with Gasteiger partial charge in [0.15, 0.2) is 0 Å². The Morgan fingerprint density at radius 3 is 2.68 bits per heavy atom. The van der Waals surface area contributed by atoms with E-state index in [4.69, 9.17) is 16.9 Å². The summed E-state index contributed by atoms with van der Waals surface area (Å²) < 4.78 is 13.7. The Labute approximate surface area is 123 Å². The summed E-state index contributed by atoms with van der Waals surface area (Å²) >= 11 is 9.27. The molecule has 2 rings (SSSR count). The van der Waals surface area contributed by atoms with Crippen molar-refractivity contribution in [2.24, 2.45) is 0 Å². The highest BCUT2D eigenvalue weighted by Gasteiger charge is 2.12. The first kappa shape index (κ1) is 13.9. The first-order chi connectivity index (χ1) is 9.02. The molecule has 0 aliphatic heterocycles. The summed E-state index contributed by atoms with van der Waals surface area (Å²) in [4.78, 5) is 0. The number of benzene rings is 2. The number of para-hydroxylation sites is 1. The number of hydrogen-bond acceptors (Lipinski definition) is 2. The van der Waals surface area contributed by atoms with Crippen LogP contribution in [0.1, 0.15) is 11.1 Å². The van der Waals surface area contributed by atoms with Gasteiger partial charge in [0, 0.05) is 4.47 Å². The van der Waals surface area contributed by atoms with Crippen molar-refractivity contribution in [3.63, 3.8) is 0 Å². The smallest absolute Gasteiger partial charge is 0.125 e. The molecule has 2 aromatic carbocycles. The third-order valence-corrected chi connectivity index (χ3v) is 3.57. The third-order valence-electron chi connectivity index (χ3n) is 2.65. The van der Waals surface area contributed by atoms with Gasteiger partial charge in [-0.3, -0.25) is 0 Å². The van der Waals surface area contributed by atoms with E-state index < -0.39 is 5.82 Å². The van der Waals surface area contributed by atoms with Gasteiger partial charge < -0.3 is 5.32 Å². The molecule has 0 aromatic heterocycles. The van der Waals surface area contributed by atoms with Crippen LogP contribution in [0.5, 0.6) is 0 Å². The van der Waals surface area contributed by atoms with Gasteiger partial charge in [-0.25, -0.2) is 4.39 Å². The van der Waals surface area contributed by atoms with Gasteiger partial charge >= 0.3 is 0 Å². The lowest BCUT2D eigenvalue weighted by atomic mass is 10.1. The van der Waals surface area contributed by atoms with E-state index in [1.807, 2.05) is 13.0 Å². The highest BCUT2D eigenvalue weighted by atomic mass is 79.9. The van der Waals surface area contributed by atoms with Gasteiger partial charge in [0.2, 0.25) is 0 Å². The maximum atomic E-state index is 13.2. The van der Waals surface area contributed by atoms with Crippen LogP contribution in [0, 0.1) is 24.1 Å². The molecule has 0 heterocycles. The zero-order valence-corrected chi connectivity index (χ0v) is 12.3. The van der Waals surface area contributed by atoms with Crippen LogP contribution in [0.3, 0.4) is 0 Å². The normalized spacial score (nSPS) is 10.1. The monoisotopic (exact) mass is 338 g/mol. The van der Waals surface area contributed by atoms with Crippen molar-refractivity contribution in [2.45, 2.75) is 6.92 Å². The zero-order chi connectivity index (χ0) is 14.0. The van der Waals surface area contributed by atoms with E-state index in [-0.39, 0.29) is 5.02 Å². The predicted octanol–water partition coefficient (Wildman–Crippen LogP) is 5.17. The summed E-state index contributed by atoms with van der Waals surface area (Å²) in [6, 6.07) is 10.0. The Bertz CT molecular complexity index is 657. The number of hydrogen-bond donors (Lipinski definition) is 1. The maximum Gasteiger partial charge on any atom is 0.125 e. The van der Waals surface area contributed by atoms with E-state index >= 15 is 0 Å². The van der Waals surface area contributed by atoms with Crippen molar-refractivity contribution < 1.29 is 4.39 Å². The SMILES string of the molecule is Cc1cccc(C#N)c1Nc1c(Cl)cc(F)cc1Br. The van der Waals surface area contributed by atoms with Gasteiger partial charge in [0.1, 0.15) is 11.9 Å². The number of nitrogens with one attached hydrogen (secondary N) is 1. The topological polar surface area (TPSA) is 35.8 Å². The van der Waals surface area contributed by atoms with Crippen LogP contribution < -0.4 is 5.32 Å². The van der Waals surface area contributed by atoms with Crippen LogP contribution in [-0.2, 0) is 0 Å². The second-order valence-electron chi connectivity index (χ2n) is 3.98. The van der Waals surface area contributed by atoms with Crippen molar-refractivity contribution in [2.75, 3.05) is 5.32 Å². The van der Waals surface area contributed by atoms with Crippen molar-refractivity contribution in [3.05, 3.63) is 56.8 Å². The lowest BCUT2D eigenvalue weighted by Gasteiger charge is -2.14. The number of aryl methyl sites for hydroxylation is 1. The standard InChI is InChI=1S/C14H9BrClFN2/c1-8-3-2-4-9(7-18)13(8)19-14-11(15)5-10(17)6-12(14)16/h2-6,19H,1H3. The molecule has 0 fully saturated rings. The molecule has 0 radical (unpaired) electrons. The second-order valence-corrected chi connectivity index (χ2v) is 5.24. The molecule has 0 saturated carbocycles. The van der Waals surface area contributed by atoms with Crippen molar-refractivity contribution >= 4 is 38.9 Å². The summed E-state index contributed by atoms with van der Waals surface area (Å²) in [5.41, 5.74) is 2.62. The summed E-state index contributed by atoms with van der Waals surface area (Å²) in [6.45, 7) is 1.88. The fourth-order valence-corrected chi connectivity index (χ4v) is 2.61. The molecule has 1 N–H and O–H groups in total. The fraction of sp³-hybridized carbons (Fsp3) is 0.0714. The van der Waals surface area contributed by atoms with Crippen LogP contribution in [0.15, 0.2) is 34.8 Å². The largest absolute Gasteiger partial charge is 0.352 e. The predicted molar refractivity (Wildman–Crippen MR) is 78.3 cm³/mol. The number of nitriles is 1. The molecule has 0 unspecified atom stereocenters. The first-order valence-electron chi connectivity index (χ1n) is 5.44. The molecule has 2 nitrogen and oxygen atoms in total. The van der Waals surface area contributed by atoms with Crippen LogP contribution >= 0.6 is 27.5 Å². The molecule has 2 aromatic rings. The highest BCUT2D eigenvalue weighted by Crippen LogP contribution is 2.35. The average Bonchev–Trinajstić information content (AvgIpc) is 2.34. The number of rotatable bonds is 2. The molecule has 0 saturated heterocycles. The minimum Gasteiger partial charge on any atom is -0.352 e. The quantitative estimate of drug-likeness (QED) is 0.819. The second kappa shape index (κ2) is 5.60. The Morgan fingerprint density at radius 2 is 2.05 bits per heavy atom. The Balaban J connectivity index is 2.51. The van der Waals surface area contributed by atoms with Gasteiger partial charge in [0.25, 0.3) is 0 Å². The number of nitrogens with zero attached hydrogens (tertiary/aromatic N) is 1. The fourth-order valence-electron chi connectivity index (χ4n) is 1.71. The van der Waals surface area contributed by atoms with Crippen LogP contribution in [0.2, 0.25) is 5.02 Å². The van der Waals surface area contributed by atoms with Gasteiger partial charge in [0.05, 0.1) is 22.0 Å². The molecule has 0 atom stereocenters. The Hall–Kier alpha value is -1.57. The maximum absolute atomic E-state index is 13.2. The van der Waals surface area contributed by atoms with E-state index in [1.54, 1.807) is 12.1 Å². The van der Waals surface area contributed by atoms with Crippen LogP contribution in [0.25, 0.3) is 0 Å². The molecule has 0 amide bonds. The third kappa shape index (κ3) is 2.89. The van der Waals surface area contributed by atoms with Crippen molar-refractivity contribution in [1.82, 2.24) is 0 Å². The molecule has 0 aliphatic rings. The molecular formula is C14H9BrClFN2. The average molecular weight is 340 g/mol.